The first kappa shape index (κ1) is 30.9. The quantitative estimate of drug-likeness (QED) is 0.123. The van der Waals surface area contributed by atoms with Crippen LogP contribution in [0.15, 0.2) is 0 Å². The summed E-state index contributed by atoms with van der Waals surface area (Å²) in [5, 5.41) is 28.5. The van der Waals surface area contributed by atoms with Crippen LogP contribution in [-0.2, 0) is 19.3 Å². The van der Waals surface area contributed by atoms with Crippen LogP contribution in [0.25, 0.3) is 0 Å². The zero-order chi connectivity index (χ0) is 22.6. The number of hydrogen-bond donors (Lipinski definition) is 3. The number of likely N-dealkylation sites (N-methyl/N-ethyl adjacent to an activating group) is 1. The van der Waals surface area contributed by atoms with Crippen molar-refractivity contribution in [2.24, 2.45) is 0 Å². The van der Waals surface area contributed by atoms with E-state index in [1.807, 2.05) is 6.92 Å². The van der Waals surface area contributed by atoms with Crippen LogP contribution in [0.5, 0.6) is 0 Å². The number of nitrogens with zero attached hydrogens (tertiary/aromatic N) is 1. The smallest absolute Gasteiger partial charge is 0.217 e. The molecule has 0 aliphatic rings. The van der Waals surface area contributed by atoms with Crippen LogP contribution in [0, 0.1) is 0 Å². The first-order chi connectivity index (χ1) is 13.7. The topological polar surface area (TPSA) is 136 Å². The molecule has 0 radical (unpaired) electrons. The first-order valence-electron chi connectivity index (χ1n) is 10.6. The summed E-state index contributed by atoms with van der Waals surface area (Å²) in [6, 6.07) is 0. The maximum atomic E-state index is 10.1. The van der Waals surface area contributed by atoms with Gasteiger partial charge in [-0.3, -0.25) is 4.18 Å². The average Bonchev–Trinajstić information content (AvgIpc) is 2.63. The third-order valence-corrected chi connectivity index (χ3v) is 5.16. The zero-order valence-electron chi connectivity index (χ0n) is 18.4. The third-order valence-electron chi connectivity index (χ3n) is 4.63. The second-order valence-corrected chi connectivity index (χ2v) is 8.10. The summed E-state index contributed by atoms with van der Waals surface area (Å²) in [7, 11) is -4.42. The van der Waals surface area contributed by atoms with Crippen LogP contribution in [0.1, 0.15) is 59.3 Å². The summed E-state index contributed by atoms with van der Waals surface area (Å²) in [5.74, 6) is 0. The van der Waals surface area contributed by atoms with Crippen LogP contribution < -0.4 is 0 Å². The molecule has 0 rings (SSSR count). The Bertz CT molecular complexity index is 441. The van der Waals surface area contributed by atoms with Gasteiger partial charge in [0, 0.05) is 6.61 Å². The van der Waals surface area contributed by atoms with E-state index in [9.17, 15) is 28.3 Å². The Hall–Kier alpha value is -0.330. The Morgan fingerprint density at radius 3 is 1.93 bits per heavy atom. The molecule has 3 N–H and O–H groups in total. The second-order valence-electron chi connectivity index (χ2n) is 7.05. The van der Waals surface area contributed by atoms with E-state index in [-0.39, 0.29) is 19.8 Å². The van der Waals surface area contributed by atoms with Gasteiger partial charge in [-0.15, -0.1) is 0 Å². The predicted octanol–water partition coefficient (Wildman–Crippen LogP) is 1.03. The van der Waals surface area contributed by atoms with Crippen molar-refractivity contribution < 1.29 is 41.7 Å². The van der Waals surface area contributed by atoms with Gasteiger partial charge in [-0.25, -0.2) is 8.42 Å². The molecule has 0 aromatic rings. The van der Waals surface area contributed by atoms with Gasteiger partial charge in [0.25, 0.3) is 0 Å². The molecule has 10 heteroatoms. The number of aliphatic hydroxyl groups is 3. The Balaban J connectivity index is 0. The van der Waals surface area contributed by atoms with Crippen LogP contribution in [0.4, 0.5) is 0 Å². The minimum absolute atomic E-state index is 0.0686. The maximum absolute atomic E-state index is 10.1. The molecule has 9 nitrogen and oxygen atoms in total. The van der Waals surface area contributed by atoms with Gasteiger partial charge < -0.3 is 29.1 Å². The summed E-state index contributed by atoms with van der Waals surface area (Å²) in [5.41, 5.74) is 0. The normalized spacial score (nSPS) is 13.1. The van der Waals surface area contributed by atoms with Crippen LogP contribution >= 0.6 is 0 Å². The minimum Gasteiger partial charge on any atom is -0.726 e. The number of hydrogen-bond acceptors (Lipinski definition) is 8. The second kappa shape index (κ2) is 19.6. The van der Waals surface area contributed by atoms with Gasteiger partial charge in [0.15, 0.2) is 0 Å². The highest BCUT2D eigenvalue weighted by Crippen LogP contribution is 2.09. The lowest BCUT2D eigenvalue weighted by Crippen LogP contribution is -2.55. The van der Waals surface area contributed by atoms with Crippen molar-refractivity contribution in [1.29, 1.82) is 0 Å². The molecule has 0 saturated carbocycles. The summed E-state index contributed by atoms with van der Waals surface area (Å²) in [4.78, 5) is 0. The minimum atomic E-state index is -4.42. The standard InChI is InChI=1S/C17H38NO4.C2H6O4S/c1-3-5-6-7-8-9-14-22-16-17(21)15-18(4-2,10-12-19)11-13-20;1-2-6-7(3,4)5/h17,19-21H,3-16H2,1-2H3;2H2,1H3,(H,3,4,5)/q+1;/p-1. The van der Waals surface area contributed by atoms with Gasteiger partial charge in [0.2, 0.25) is 10.4 Å². The number of rotatable bonds is 18. The van der Waals surface area contributed by atoms with Crippen molar-refractivity contribution in [2.75, 3.05) is 59.2 Å². The van der Waals surface area contributed by atoms with E-state index >= 15 is 0 Å². The molecule has 0 aliphatic heterocycles. The molecular formula is C19H43NO8S. The van der Waals surface area contributed by atoms with E-state index in [1.54, 1.807) is 0 Å². The van der Waals surface area contributed by atoms with Crippen molar-refractivity contribution in [2.45, 2.75) is 65.4 Å². The molecule has 0 aliphatic carbocycles. The SMILES string of the molecule is CCCCCCCCOCC(O)C[N+](CC)(CCO)CCO.CCOS(=O)(=O)[O-]. The van der Waals surface area contributed by atoms with Gasteiger partial charge in [-0.1, -0.05) is 39.0 Å². The lowest BCUT2D eigenvalue weighted by Gasteiger charge is -2.38. The summed E-state index contributed by atoms with van der Waals surface area (Å²) in [6.45, 7) is 9.18. The number of ether oxygens (including phenoxy) is 1. The van der Waals surface area contributed by atoms with Crippen molar-refractivity contribution in [3.8, 4) is 0 Å². The van der Waals surface area contributed by atoms with Crippen LogP contribution in [0.3, 0.4) is 0 Å². The molecule has 0 spiro atoms. The Morgan fingerprint density at radius 2 is 1.52 bits per heavy atom. The lowest BCUT2D eigenvalue weighted by atomic mass is 10.1. The summed E-state index contributed by atoms with van der Waals surface area (Å²) < 4.78 is 38.1. The highest BCUT2D eigenvalue weighted by Gasteiger charge is 2.27. The molecular weight excluding hydrogens is 402 g/mol. The number of unbranched alkanes of at least 4 members (excludes halogenated alkanes) is 5. The molecule has 1 unspecified atom stereocenters. The van der Waals surface area contributed by atoms with Gasteiger partial charge in [-0.05, 0) is 20.3 Å². The molecule has 0 fully saturated rings. The maximum Gasteiger partial charge on any atom is 0.217 e. The van der Waals surface area contributed by atoms with E-state index in [1.165, 1.54) is 39.0 Å². The average molecular weight is 446 g/mol. The van der Waals surface area contributed by atoms with E-state index in [4.69, 9.17) is 4.74 Å². The van der Waals surface area contributed by atoms with E-state index < -0.39 is 16.5 Å². The largest absolute Gasteiger partial charge is 0.726 e. The van der Waals surface area contributed by atoms with Crippen molar-refractivity contribution in [3.63, 3.8) is 0 Å². The highest BCUT2D eigenvalue weighted by atomic mass is 32.3. The van der Waals surface area contributed by atoms with Crippen molar-refractivity contribution in [1.82, 2.24) is 0 Å². The van der Waals surface area contributed by atoms with Gasteiger partial charge in [0.05, 0.1) is 33.0 Å². The van der Waals surface area contributed by atoms with Gasteiger partial charge in [0.1, 0.15) is 25.7 Å². The fourth-order valence-corrected chi connectivity index (χ4v) is 3.30. The van der Waals surface area contributed by atoms with E-state index in [2.05, 4.69) is 11.1 Å². The summed E-state index contributed by atoms with van der Waals surface area (Å²) in [6.07, 6.45) is 6.85. The molecule has 0 saturated heterocycles. The molecule has 0 bridgehead atoms. The number of quaternary nitrogens is 1. The summed E-state index contributed by atoms with van der Waals surface area (Å²) >= 11 is 0. The molecule has 29 heavy (non-hydrogen) atoms. The first-order valence-corrected chi connectivity index (χ1v) is 12.0. The van der Waals surface area contributed by atoms with Crippen LogP contribution in [0.2, 0.25) is 0 Å². The molecule has 0 aromatic heterocycles. The van der Waals surface area contributed by atoms with E-state index in [0.717, 1.165) is 13.0 Å². The highest BCUT2D eigenvalue weighted by molar-refractivity contribution is 7.80. The zero-order valence-corrected chi connectivity index (χ0v) is 19.2. The molecule has 0 heterocycles. The number of aliphatic hydroxyl groups excluding tert-OH is 3. The third kappa shape index (κ3) is 20.7. The molecule has 0 amide bonds. The fourth-order valence-electron chi connectivity index (χ4n) is 3.01. The fraction of sp³-hybridized carbons (Fsp3) is 1.00. The van der Waals surface area contributed by atoms with Crippen molar-refractivity contribution in [3.05, 3.63) is 0 Å². The molecule has 1 atom stereocenters. The van der Waals surface area contributed by atoms with Gasteiger partial charge in [-0.2, -0.15) is 0 Å². The molecule has 178 valence electrons. The molecule has 0 aromatic carbocycles. The predicted molar refractivity (Wildman–Crippen MR) is 111 cm³/mol. The van der Waals surface area contributed by atoms with Crippen LogP contribution in [-0.4, -0.2) is 98.1 Å². The van der Waals surface area contributed by atoms with Crippen molar-refractivity contribution >= 4 is 10.4 Å². The lowest BCUT2D eigenvalue weighted by molar-refractivity contribution is -0.929. The Kier molecular flexibility index (Phi) is 20.9. The van der Waals surface area contributed by atoms with Gasteiger partial charge >= 0.3 is 0 Å². The van der Waals surface area contributed by atoms with E-state index in [0.29, 0.717) is 37.3 Å². The monoisotopic (exact) mass is 445 g/mol. The Morgan fingerprint density at radius 1 is 0.966 bits per heavy atom. The Labute approximate surface area is 177 Å².